The quantitative estimate of drug-likeness (QED) is 0.403. The molecule has 2 aromatic carbocycles. The molecule has 26 heavy (non-hydrogen) atoms. The summed E-state index contributed by atoms with van der Waals surface area (Å²) in [7, 11) is -2.20. The highest BCUT2D eigenvalue weighted by Crippen LogP contribution is 2.41. The molecule has 0 spiro atoms. The molecular weight excluding hydrogens is 424 g/mol. The summed E-state index contributed by atoms with van der Waals surface area (Å²) in [6, 6.07) is 11.9. The number of ether oxygens (including phenoxy) is 1. The minimum absolute atomic E-state index is 0.0243. The number of non-ortho nitro benzene ring substituents is 1. The minimum atomic E-state index is -3.78. The molecule has 0 unspecified atom stereocenters. The van der Waals surface area contributed by atoms with Crippen molar-refractivity contribution < 1.29 is 18.1 Å². The van der Waals surface area contributed by atoms with Gasteiger partial charge in [-0.05, 0) is 36.2 Å². The Morgan fingerprint density at radius 1 is 1.15 bits per heavy atom. The second kappa shape index (κ2) is 7.34. The third kappa shape index (κ3) is 3.46. The zero-order valence-corrected chi connectivity index (χ0v) is 16.3. The van der Waals surface area contributed by atoms with Crippen LogP contribution in [0.1, 0.15) is 18.0 Å². The molecule has 1 saturated heterocycles. The van der Waals surface area contributed by atoms with Crippen molar-refractivity contribution in [2.75, 3.05) is 13.7 Å². The first kappa shape index (κ1) is 18.8. The van der Waals surface area contributed by atoms with Crippen LogP contribution in [-0.4, -0.2) is 36.1 Å². The zero-order chi connectivity index (χ0) is 18.9. The number of halogens is 1. The molecule has 0 radical (unpaired) electrons. The van der Waals surface area contributed by atoms with E-state index < -0.39 is 14.9 Å². The lowest BCUT2D eigenvalue weighted by atomic mass is 10.1. The maximum absolute atomic E-state index is 13.1. The molecule has 0 N–H and O–H groups in total. The first-order valence-electron chi connectivity index (χ1n) is 7.89. The fourth-order valence-corrected chi connectivity index (χ4v) is 5.67. The van der Waals surface area contributed by atoms with Crippen molar-refractivity contribution in [3.63, 3.8) is 0 Å². The van der Waals surface area contributed by atoms with Crippen LogP contribution >= 0.6 is 15.9 Å². The van der Waals surface area contributed by atoms with Gasteiger partial charge in [0.05, 0.1) is 23.0 Å². The van der Waals surface area contributed by atoms with Crippen molar-refractivity contribution in [3.05, 3.63) is 64.2 Å². The Balaban J connectivity index is 1.95. The normalized spacial score (nSPS) is 20.8. The van der Waals surface area contributed by atoms with Crippen molar-refractivity contribution in [2.45, 2.75) is 22.2 Å². The lowest BCUT2D eigenvalue weighted by molar-refractivity contribution is -0.384. The third-order valence-electron chi connectivity index (χ3n) is 4.39. The number of nitro groups is 1. The van der Waals surface area contributed by atoms with E-state index >= 15 is 0 Å². The summed E-state index contributed by atoms with van der Waals surface area (Å²) in [5.41, 5.74) is 0.714. The number of sulfonamides is 1. The first-order chi connectivity index (χ1) is 12.3. The van der Waals surface area contributed by atoms with Gasteiger partial charge < -0.3 is 4.74 Å². The number of hydrogen-bond donors (Lipinski definition) is 0. The second-order valence-electron chi connectivity index (χ2n) is 5.89. The molecular formula is C17H17BrN2O5S. The van der Waals surface area contributed by atoms with Crippen LogP contribution < -0.4 is 4.74 Å². The number of hydrogen-bond acceptors (Lipinski definition) is 5. The van der Waals surface area contributed by atoms with Gasteiger partial charge in [-0.15, -0.1) is 0 Å². The highest BCUT2D eigenvalue weighted by molar-refractivity contribution is 9.09. The summed E-state index contributed by atoms with van der Waals surface area (Å²) in [6.45, 7) is 0.367. The molecule has 1 aliphatic heterocycles. The molecule has 0 aliphatic carbocycles. The predicted molar refractivity (Wildman–Crippen MR) is 100 cm³/mol. The Bertz CT molecular complexity index is 900. The number of benzene rings is 2. The molecule has 1 aliphatic rings. The van der Waals surface area contributed by atoms with Gasteiger partial charge in [0.25, 0.3) is 5.69 Å². The molecule has 0 bridgehead atoms. The third-order valence-corrected chi connectivity index (χ3v) is 7.24. The molecule has 138 valence electrons. The fraction of sp³-hybridized carbons (Fsp3) is 0.294. The zero-order valence-electron chi connectivity index (χ0n) is 13.9. The van der Waals surface area contributed by atoms with E-state index in [1.807, 2.05) is 12.1 Å². The Kier molecular flexibility index (Phi) is 5.31. The maximum atomic E-state index is 13.1. The summed E-state index contributed by atoms with van der Waals surface area (Å²) in [5, 5.41) is 10.8. The van der Waals surface area contributed by atoms with E-state index in [0.717, 1.165) is 5.56 Å². The predicted octanol–water partition coefficient (Wildman–Crippen LogP) is 3.50. The van der Waals surface area contributed by atoms with Crippen LogP contribution in [0.4, 0.5) is 5.69 Å². The van der Waals surface area contributed by atoms with Gasteiger partial charge >= 0.3 is 0 Å². The van der Waals surface area contributed by atoms with Gasteiger partial charge in [-0.1, -0.05) is 28.1 Å². The van der Waals surface area contributed by atoms with Gasteiger partial charge in [0, 0.05) is 23.5 Å². The number of rotatable bonds is 5. The molecule has 1 fully saturated rings. The van der Waals surface area contributed by atoms with Crippen molar-refractivity contribution in [2.24, 2.45) is 0 Å². The largest absolute Gasteiger partial charge is 0.497 e. The molecule has 0 aromatic heterocycles. The van der Waals surface area contributed by atoms with Crippen molar-refractivity contribution in [1.29, 1.82) is 0 Å². The number of methoxy groups -OCH3 is 1. The Morgan fingerprint density at radius 2 is 1.77 bits per heavy atom. The Labute approximate surface area is 159 Å². The number of nitrogens with zero attached hydrogens (tertiary/aromatic N) is 2. The number of nitro benzene ring substituents is 1. The topological polar surface area (TPSA) is 89.8 Å². The molecule has 0 saturated carbocycles. The van der Waals surface area contributed by atoms with E-state index in [2.05, 4.69) is 15.9 Å². The smallest absolute Gasteiger partial charge is 0.269 e. The molecule has 9 heteroatoms. The van der Waals surface area contributed by atoms with E-state index in [1.165, 1.54) is 28.6 Å². The van der Waals surface area contributed by atoms with Gasteiger partial charge in [-0.2, -0.15) is 4.31 Å². The van der Waals surface area contributed by atoms with Crippen LogP contribution in [0.25, 0.3) is 0 Å². The molecule has 0 amide bonds. The Morgan fingerprint density at radius 3 is 2.31 bits per heavy atom. The van der Waals surface area contributed by atoms with Crippen molar-refractivity contribution in [1.82, 2.24) is 4.31 Å². The molecule has 7 nitrogen and oxygen atoms in total. The van der Waals surface area contributed by atoms with E-state index in [4.69, 9.17) is 4.74 Å². The van der Waals surface area contributed by atoms with Crippen LogP contribution in [0.3, 0.4) is 0 Å². The number of alkyl halides is 1. The van der Waals surface area contributed by atoms with Crippen LogP contribution in [0.5, 0.6) is 5.75 Å². The van der Waals surface area contributed by atoms with E-state index in [1.54, 1.807) is 19.2 Å². The average Bonchev–Trinajstić information content (AvgIpc) is 3.04. The van der Waals surface area contributed by atoms with Gasteiger partial charge in [0.1, 0.15) is 5.75 Å². The summed E-state index contributed by atoms with van der Waals surface area (Å²) in [5.74, 6) is 0.697. The molecule has 2 atom stereocenters. The standard InChI is InChI=1S/C17H17BrN2O5S/c1-25-14-6-2-12(3-7-14)17-16(18)10-11-19(17)26(23,24)15-8-4-13(5-9-15)20(21)22/h2-9,16-17H,10-11H2,1H3/t16-,17+/m1/s1. The van der Waals surface area contributed by atoms with E-state index in [0.29, 0.717) is 18.7 Å². The molecule has 2 aromatic rings. The summed E-state index contributed by atoms with van der Waals surface area (Å²) in [6.07, 6.45) is 0.670. The molecule has 3 rings (SSSR count). The minimum Gasteiger partial charge on any atom is -0.497 e. The summed E-state index contributed by atoms with van der Waals surface area (Å²) in [4.78, 5) is 10.2. The summed E-state index contributed by atoms with van der Waals surface area (Å²) >= 11 is 3.59. The van der Waals surface area contributed by atoms with Gasteiger partial charge in [-0.25, -0.2) is 8.42 Å². The average molecular weight is 441 g/mol. The van der Waals surface area contributed by atoms with Crippen LogP contribution in [0, 0.1) is 10.1 Å². The maximum Gasteiger partial charge on any atom is 0.269 e. The van der Waals surface area contributed by atoms with Crippen molar-refractivity contribution in [3.8, 4) is 5.75 Å². The second-order valence-corrected chi connectivity index (χ2v) is 8.96. The van der Waals surface area contributed by atoms with Crippen LogP contribution in [-0.2, 0) is 10.0 Å². The fourth-order valence-electron chi connectivity index (χ4n) is 3.05. The van der Waals surface area contributed by atoms with Crippen LogP contribution in [0.15, 0.2) is 53.4 Å². The monoisotopic (exact) mass is 440 g/mol. The highest BCUT2D eigenvalue weighted by Gasteiger charge is 2.41. The van der Waals surface area contributed by atoms with Crippen LogP contribution in [0.2, 0.25) is 0 Å². The van der Waals surface area contributed by atoms with Gasteiger partial charge in [0.2, 0.25) is 10.0 Å². The van der Waals surface area contributed by atoms with Gasteiger partial charge in [-0.3, -0.25) is 10.1 Å². The highest BCUT2D eigenvalue weighted by atomic mass is 79.9. The summed E-state index contributed by atoms with van der Waals surface area (Å²) < 4.78 is 32.8. The van der Waals surface area contributed by atoms with Gasteiger partial charge in [0.15, 0.2) is 0 Å². The Hall–Kier alpha value is -1.97. The SMILES string of the molecule is COc1ccc([C@H]2[C@H](Br)CCN2S(=O)(=O)c2ccc([N+](=O)[O-])cc2)cc1. The van der Waals surface area contributed by atoms with E-state index in [9.17, 15) is 18.5 Å². The van der Waals surface area contributed by atoms with E-state index in [-0.39, 0.29) is 21.5 Å². The lowest BCUT2D eigenvalue weighted by Crippen LogP contribution is -2.32. The van der Waals surface area contributed by atoms with Crippen molar-refractivity contribution >= 4 is 31.6 Å². The lowest BCUT2D eigenvalue weighted by Gasteiger charge is -2.26. The molecule has 1 heterocycles. The first-order valence-corrected chi connectivity index (χ1v) is 10.2.